The quantitative estimate of drug-likeness (QED) is 0.614. The number of hydrogen-bond donors (Lipinski definition) is 0. The summed E-state index contributed by atoms with van der Waals surface area (Å²) < 4.78 is 55.4. The first kappa shape index (κ1) is 21.8. The average Bonchev–Trinajstić information content (AvgIpc) is 3.35. The number of fused-ring (bicyclic) bond motifs is 2. The second-order valence-corrected chi connectivity index (χ2v) is 16.6. The predicted molar refractivity (Wildman–Crippen MR) is 120 cm³/mol. The van der Waals surface area contributed by atoms with Gasteiger partial charge in [-0.1, -0.05) is 27.7 Å². The Morgan fingerprint density at radius 2 is 1.31 bits per heavy atom. The minimum absolute atomic E-state index is 0.0111. The first-order chi connectivity index (χ1) is 14.7. The van der Waals surface area contributed by atoms with E-state index in [9.17, 15) is 21.6 Å². The standard InChI is InChI=1S/C23H36N2O5S2/c1-20(2)15-5-8-22(20)13-31(27,28)24(17(22)11-15)10-7-19(26)25-18-12-16-6-9-23(18,21(16,3)4)14-32(25,29)30/h15-18H,5-14H2,1-4H3. The monoisotopic (exact) mass is 484 g/mol. The Morgan fingerprint density at radius 3 is 1.88 bits per heavy atom. The summed E-state index contributed by atoms with van der Waals surface area (Å²) in [4.78, 5) is 13.4. The third-order valence-corrected chi connectivity index (χ3v) is 15.7. The van der Waals surface area contributed by atoms with Crippen molar-refractivity contribution in [1.29, 1.82) is 0 Å². The smallest absolute Gasteiger partial charge is 0.238 e. The van der Waals surface area contributed by atoms with Gasteiger partial charge in [-0.2, -0.15) is 4.31 Å². The molecule has 4 aliphatic carbocycles. The molecule has 7 nitrogen and oxygen atoms in total. The first-order valence-corrected chi connectivity index (χ1v) is 15.5. The van der Waals surface area contributed by atoms with Gasteiger partial charge in [0.05, 0.1) is 17.5 Å². The molecule has 0 aromatic rings. The third kappa shape index (κ3) is 2.25. The SMILES string of the molecule is CC1(C)C2CCC13CS(=O)(=O)N(CCC(=O)N1C4CC5CCC4(CS1(=O)=O)C5(C)C)C3C2. The second-order valence-electron chi connectivity index (χ2n) is 12.8. The van der Waals surface area contributed by atoms with Gasteiger partial charge in [-0.3, -0.25) is 4.79 Å². The largest absolute Gasteiger partial charge is 0.274 e. The summed E-state index contributed by atoms with van der Waals surface area (Å²) in [7, 11) is -7.11. The van der Waals surface area contributed by atoms with Crippen LogP contribution in [0.2, 0.25) is 0 Å². The van der Waals surface area contributed by atoms with Gasteiger partial charge in [0.15, 0.2) is 0 Å². The van der Waals surface area contributed by atoms with E-state index < -0.39 is 26.0 Å². The average molecular weight is 485 g/mol. The lowest BCUT2D eigenvalue weighted by atomic mass is 9.69. The number of carbonyl (C=O) groups excluding carboxylic acids is 1. The molecule has 2 spiro atoms. The van der Waals surface area contributed by atoms with Crippen LogP contribution in [0.5, 0.6) is 0 Å². The van der Waals surface area contributed by atoms with E-state index in [4.69, 9.17) is 0 Å². The van der Waals surface area contributed by atoms with Crippen molar-refractivity contribution < 1.29 is 21.6 Å². The maximum Gasteiger partial charge on any atom is 0.238 e. The fourth-order valence-electron chi connectivity index (χ4n) is 9.60. The van der Waals surface area contributed by atoms with Gasteiger partial charge in [0.25, 0.3) is 0 Å². The van der Waals surface area contributed by atoms with E-state index in [-0.39, 0.29) is 58.2 Å². The zero-order valence-corrected chi connectivity index (χ0v) is 21.3. The molecule has 0 N–H and O–H groups in total. The van der Waals surface area contributed by atoms with E-state index in [0.29, 0.717) is 11.8 Å². The van der Waals surface area contributed by atoms with E-state index in [0.717, 1.165) is 38.5 Å². The molecular weight excluding hydrogens is 448 g/mol. The van der Waals surface area contributed by atoms with Crippen LogP contribution in [0.3, 0.4) is 0 Å². The van der Waals surface area contributed by atoms with Crippen molar-refractivity contribution in [2.24, 2.45) is 33.5 Å². The van der Waals surface area contributed by atoms with E-state index in [1.54, 1.807) is 4.31 Å². The molecule has 2 aliphatic heterocycles. The Hall–Kier alpha value is -0.670. The first-order valence-electron chi connectivity index (χ1n) is 12.2. The second kappa shape index (κ2) is 5.93. The van der Waals surface area contributed by atoms with Crippen LogP contribution < -0.4 is 0 Å². The van der Waals surface area contributed by atoms with Crippen LogP contribution >= 0.6 is 0 Å². The van der Waals surface area contributed by atoms with Gasteiger partial charge in [-0.05, 0) is 61.2 Å². The fourth-order valence-corrected chi connectivity index (χ4v) is 14.7. The maximum atomic E-state index is 13.4. The summed E-state index contributed by atoms with van der Waals surface area (Å²) in [5.74, 6) is 0.800. The molecule has 6 unspecified atom stereocenters. The fraction of sp³-hybridized carbons (Fsp3) is 0.957. The Balaban J connectivity index is 1.24. The molecular formula is C23H36N2O5S2. The molecule has 4 bridgehead atoms. The van der Waals surface area contributed by atoms with Crippen LogP contribution in [0.25, 0.3) is 0 Å². The van der Waals surface area contributed by atoms with E-state index in [2.05, 4.69) is 27.7 Å². The Bertz CT molecular complexity index is 1110. The number of amides is 1. The molecule has 2 heterocycles. The minimum Gasteiger partial charge on any atom is -0.274 e. The summed E-state index contributed by atoms with van der Waals surface area (Å²) in [6.07, 6.45) is 5.48. The van der Waals surface area contributed by atoms with E-state index in [1.807, 2.05) is 0 Å². The lowest BCUT2D eigenvalue weighted by Crippen LogP contribution is -2.46. The molecule has 0 radical (unpaired) electrons. The summed E-state index contributed by atoms with van der Waals surface area (Å²) in [5.41, 5.74) is -0.662. The van der Waals surface area contributed by atoms with Crippen molar-refractivity contribution in [3.63, 3.8) is 0 Å². The molecule has 6 fully saturated rings. The Kier molecular flexibility index (Phi) is 4.05. The van der Waals surface area contributed by atoms with Crippen LogP contribution in [0.1, 0.15) is 72.6 Å². The molecule has 32 heavy (non-hydrogen) atoms. The molecule has 0 aromatic carbocycles. The highest BCUT2D eigenvalue weighted by Crippen LogP contribution is 2.71. The van der Waals surface area contributed by atoms with Crippen molar-refractivity contribution in [3.8, 4) is 0 Å². The Morgan fingerprint density at radius 1 is 0.812 bits per heavy atom. The number of carbonyl (C=O) groups is 1. The van der Waals surface area contributed by atoms with Gasteiger partial charge in [0, 0.05) is 29.8 Å². The van der Waals surface area contributed by atoms with Crippen LogP contribution in [0.4, 0.5) is 0 Å². The summed E-state index contributed by atoms with van der Waals surface area (Å²) >= 11 is 0. The highest BCUT2D eigenvalue weighted by molar-refractivity contribution is 7.90. The zero-order valence-electron chi connectivity index (χ0n) is 19.6. The highest BCUT2D eigenvalue weighted by atomic mass is 32.2. The topological polar surface area (TPSA) is 91.8 Å². The van der Waals surface area contributed by atoms with Crippen LogP contribution in [-0.4, -0.2) is 61.5 Å². The molecule has 0 aromatic heterocycles. The van der Waals surface area contributed by atoms with Crippen molar-refractivity contribution in [2.45, 2.75) is 84.7 Å². The third-order valence-electron chi connectivity index (χ3n) is 11.7. The molecule has 6 aliphatic rings. The molecule has 180 valence electrons. The normalized spacial score (nSPS) is 48.3. The zero-order chi connectivity index (χ0) is 23.1. The van der Waals surface area contributed by atoms with Gasteiger partial charge >= 0.3 is 0 Å². The molecule has 9 heteroatoms. The van der Waals surface area contributed by atoms with Gasteiger partial charge < -0.3 is 0 Å². The van der Waals surface area contributed by atoms with Gasteiger partial charge in [-0.15, -0.1) is 0 Å². The molecule has 6 atom stereocenters. The number of sulfonamides is 2. The number of rotatable bonds is 3. The number of hydrogen-bond acceptors (Lipinski definition) is 5. The van der Waals surface area contributed by atoms with Gasteiger partial charge in [-0.25, -0.2) is 21.1 Å². The number of nitrogens with zero attached hydrogens (tertiary/aromatic N) is 2. The lowest BCUT2D eigenvalue weighted by Gasteiger charge is -2.37. The van der Waals surface area contributed by atoms with Gasteiger partial charge in [0.1, 0.15) is 0 Å². The summed E-state index contributed by atoms with van der Waals surface area (Å²) in [5, 5.41) is 0. The molecule has 1 amide bonds. The minimum atomic E-state index is -3.66. The van der Waals surface area contributed by atoms with E-state index in [1.165, 1.54) is 4.31 Å². The predicted octanol–water partition coefficient (Wildman–Crippen LogP) is 2.58. The molecule has 4 saturated carbocycles. The summed E-state index contributed by atoms with van der Waals surface area (Å²) in [6.45, 7) is 8.86. The van der Waals surface area contributed by atoms with Crippen LogP contribution in [-0.2, 0) is 24.8 Å². The molecule has 2 saturated heterocycles. The van der Waals surface area contributed by atoms with Crippen LogP contribution in [0.15, 0.2) is 0 Å². The van der Waals surface area contributed by atoms with E-state index >= 15 is 0 Å². The molecule has 6 rings (SSSR count). The van der Waals surface area contributed by atoms with Crippen molar-refractivity contribution in [1.82, 2.24) is 8.61 Å². The van der Waals surface area contributed by atoms with Crippen molar-refractivity contribution in [2.75, 3.05) is 18.1 Å². The Labute approximate surface area is 192 Å². The summed E-state index contributed by atoms with van der Waals surface area (Å²) in [6, 6.07) is -0.297. The lowest BCUT2D eigenvalue weighted by molar-refractivity contribution is -0.129. The van der Waals surface area contributed by atoms with Crippen molar-refractivity contribution >= 4 is 26.0 Å². The highest BCUT2D eigenvalue weighted by Gasteiger charge is 2.73. The van der Waals surface area contributed by atoms with Crippen molar-refractivity contribution in [3.05, 3.63) is 0 Å². The van der Waals surface area contributed by atoms with Crippen LogP contribution in [0, 0.1) is 33.5 Å². The van der Waals surface area contributed by atoms with Gasteiger partial charge in [0.2, 0.25) is 26.0 Å². The maximum absolute atomic E-state index is 13.4.